The summed E-state index contributed by atoms with van der Waals surface area (Å²) in [5.41, 5.74) is 1.49. The molecule has 0 radical (unpaired) electrons. The van der Waals surface area contributed by atoms with Crippen molar-refractivity contribution in [3.8, 4) is 0 Å². The van der Waals surface area contributed by atoms with Gasteiger partial charge in [0, 0.05) is 11.5 Å². The Balaban J connectivity index is 2.11. The van der Waals surface area contributed by atoms with Crippen LogP contribution in [0.3, 0.4) is 0 Å². The van der Waals surface area contributed by atoms with Gasteiger partial charge in [-0.2, -0.15) is 13.2 Å². The van der Waals surface area contributed by atoms with E-state index in [9.17, 15) is 18.0 Å². The van der Waals surface area contributed by atoms with Gasteiger partial charge < -0.3 is 0 Å². The zero-order valence-corrected chi connectivity index (χ0v) is 10.8. The lowest BCUT2D eigenvalue weighted by Crippen LogP contribution is -2.31. The summed E-state index contributed by atoms with van der Waals surface area (Å²) in [6.45, 7) is 1.87. The molecular weight excluding hydrogens is 253 g/mol. The number of hydrogen-bond donors (Lipinski definition) is 0. The number of carbonyl (C=O) groups is 1. The molecule has 1 aromatic rings. The maximum absolute atomic E-state index is 12.7. The Kier molecular flexibility index (Phi) is 3.97. The van der Waals surface area contributed by atoms with E-state index in [0.717, 1.165) is 5.56 Å². The normalized spacial score (nSPS) is 24.2. The number of aryl methyl sites for hydroxylation is 1. The van der Waals surface area contributed by atoms with Crippen LogP contribution in [-0.2, 0) is 0 Å². The number of ketones is 1. The summed E-state index contributed by atoms with van der Waals surface area (Å²) >= 11 is 0. The van der Waals surface area contributed by atoms with E-state index >= 15 is 0 Å². The molecule has 0 aliphatic heterocycles. The summed E-state index contributed by atoms with van der Waals surface area (Å²) < 4.78 is 38.2. The largest absolute Gasteiger partial charge is 0.391 e. The summed E-state index contributed by atoms with van der Waals surface area (Å²) in [5, 5.41) is 0. The second-order valence-corrected chi connectivity index (χ2v) is 5.34. The van der Waals surface area contributed by atoms with Crippen molar-refractivity contribution >= 4 is 5.78 Å². The Labute approximate surface area is 110 Å². The minimum Gasteiger partial charge on any atom is -0.294 e. The summed E-state index contributed by atoms with van der Waals surface area (Å²) in [6.07, 6.45) is -3.03. The molecule has 2 unspecified atom stereocenters. The molecule has 0 spiro atoms. The molecule has 0 aromatic heterocycles. The Morgan fingerprint density at radius 1 is 1.26 bits per heavy atom. The zero-order valence-electron chi connectivity index (χ0n) is 10.8. The van der Waals surface area contributed by atoms with E-state index in [0.29, 0.717) is 18.4 Å². The van der Waals surface area contributed by atoms with Gasteiger partial charge in [-0.05, 0) is 32.3 Å². The van der Waals surface area contributed by atoms with Crippen LogP contribution < -0.4 is 0 Å². The smallest absolute Gasteiger partial charge is 0.294 e. The molecular formula is C15H17F3O. The van der Waals surface area contributed by atoms with Crippen molar-refractivity contribution in [3.05, 3.63) is 35.4 Å². The van der Waals surface area contributed by atoms with Crippen molar-refractivity contribution < 1.29 is 18.0 Å². The molecule has 19 heavy (non-hydrogen) atoms. The highest BCUT2D eigenvalue weighted by molar-refractivity contribution is 5.98. The van der Waals surface area contributed by atoms with E-state index < -0.39 is 18.0 Å². The van der Waals surface area contributed by atoms with E-state index in [1.165, 1.54) is 0 Å². The number of carbonyl (C=O) groups excluding carboxylic acids is 1. The number of rotatable bonds is 2. The Bertz CT molecular complexity index is 465. The molecule has 2 rings (SSSR count). The van der Waals surface area contributed by atoms with Crippen LogP contribution in [0.25, 0.3) is 0 Å². The Morgan fingerprint density at radius 3 is 2.63 bits per heavy atom. The maximum atomic E-state index is 12.7. The van der Waals surface area contributed by atoms with Crippen molar-refractivity contribution in [1.82, 2.24) is 0 Å². The molecule has 0 bridgehead atoms. The van der Waals surface area contributed by atoms with Crippen LogP contribution >= 0.6 is 0 Å². The molecule has 0 N–H and O–H groups in total. The standard InChI is InChI=1S/C15H17F3O/c1-10-4-2-5-11(8-10)14(19)12-6-3-7-13(9-12)15(16,17)18/h2,4-5,8,12-13H,3,6-7,9H2,1H3. The topological polar surface area (TPSA) is 17.1 Å². The Morgan fingerprint density at radius 2 is 2.00 bits per heavy atom. The van der Waals surface area contributed by atoms with Gasteiger partial charge in [0.15, 0.2) is 5.78 Å². The molecule has 2 atom stereocenters. The fourth-order valence-electron chi connectivity index (χ4n) is 2.76. The highest BCUT2D eigenvalue weighted by Crippen LogP contribution is 2.40. The van der Waals surface area contributed by atoms with Crippen molar-refractivity contribution in [2.75, 3.05) is 0 Å². The molecule has 1 fully saturated rings. The van der Waals surface area contributed by atoms with Crippen molar-refractivity contribution in [1.29, 1.82) is 0 Å². The minimum absolute atomic E-state index is 0.0593. The molecule has 1 saturated carbocycles. The van der Waals surface area contributed by atoms with Crippen LogP contribution in [0.15, 0.2) is 24.3 Å². The highest BCUT2D eigenvalue weighted by atomic mass is 19.4. The summed E-state index contributed by atoms with van der Waals surface area (Å²) in [4.78, 5) is 12.3. The van der Waals surface area contributed by atoms with Gasteiger partial charge in [-0.3, -0.25) is 4.79 Å². The third kappa shape index (κ3) is 3.37. The molecule has 104 valence electrons. The van der Waals surface area contributed by atoms with Crippen LogP contribution in [0.2, 0.25) is 0 Å². The highest BCUT2D eigenvalue weighted by Gasteiger charge is 2.43. The zero-order chi connectivity index (χ0) is 14.0. The third-order valence-corrected chi connectivity index (χ3v) is 3.81. The van der Waals surface area contributed by atoms with Gasteiger partial charge in [0.05, 0.1) is 5.92 Å². The first-order valence-corrected chi connectivity index (χ1v) is 6.55. The first kappa shape index (κ1) is 14.1. The first-order chi connectivity index (χ1) is 8.88. The van der Waals surface area contributed by atoms with Crippen LogP contribution in [0.4, 0.5) is 13.2 Å². The number of hydrogen-bond acceptors (Lipinski definition) is 1. The molecule has 0 saturated heterocycles. The molecule has 1 aliphatic rings. The van der Waals surface area contributed by atoms with Crippen LogP contribution in [-0.4, -0.2) is 12.0 Å². The quantitative estimate of drug-likeness (QED) is 0.721. The lowest BCUT2D eigenvalue weighted by molar-refractivity contribution is -0.184. The second kappa shape index (κ2) is 5.35. The van der Waals surface area contributed by atoms with E-state index in [1.807, 2.05) is 13.0 Å². The van der Waals surface area contributed by atoms with Crippen LogP contribution in [0.5, 0.6) is 0 Å². The average Bonchev–Trinajstić information content (AvgIpc) is 2.37. The van der Waals surface area contributed by atoms with Gasteiger partial charge in [0.2, 0.25) is 0 Å². The monoisotopic (exact) mass is 270 g/mol. The summed E-state index contributed by atoms with van der Waals surface area (Å²) in [6, 6.07) is 7.08. The fraction of sp³-hybridized carbons (Fsp3) is 0.533. The molecule has 1 nitrogen and oxygen atoms in total. The lowest BCUT2D eigenvalue weighted by atomic mass is 9.77. The third-order valence-electron chi connectivity index (χ3n) is 3.81. The van der Waals surface area contributed by atoms with E-state index in [-0.39, 0.29) is 18.6 Å². The van der Waals surface area contributed by atoms with Crippen LogP contribution in [0.1, 0.15) is 41.6 Å². The molecule has 1 aliphatic carbocycles. The van der Waals surface area contributed by atoms with Gasteiger partial charge in [0.1, 0.15) is 0 Å². The van der Waals surface area contributed by atoms with E-state index in [2.05, 4.69) is 0 Å². The first-order valence-electron chi connectivity index (χ1n) is 6.55. The van der Waals surface area contributed by atoms with Gasteiger partial charge in [-0.25, -0.2) is 0 Å². The maximum Gasteiger partial charge on any atom is 0.391 e. The predicted octanol–water partition coefficient (Wildman–Crippen LogP) is 4.55. The minimum atomic E-state index is -4.18. The fourth-order valence-corrected chi connectivity index (χ4v) is 2.76. The van der Waals surface area contributed by atoms with Crippen molar-refractivity contribution in [2.45, 2.75) is 38.8 Å². The molecule has 0 heterocycles. The number of Topliss-reactive ketones (excluding diaryl/α,β-unsaturated/α-hetero) is 1. The lowest BCUT2D eigenvalue weighted by Gasteiger charge is -2.29. The average molecular weight is 270 g/mol. The number of alkyl halides is 3. The van der Waals surface area contributed by atoms with E-state index in [1.54, 1.807) is 18.2 Å². The van der Waals surface area contributed by atoms with E-state index in [4.69, 9.17) is 0 Å². The number of halogens is 3. The predicted molar refractivity (Wildman–Crippen MR) is 67.0 cm³/mol. The summed E-state index contributed by atoms with van der Waals surface area (Å²) in [7, 11) is 0. The Hall–Kier alpha value is -1.32. The molecule has 1 aromatic carbocycles. The summed E-state index contributed by atoms with van der Waals surface area (Å²) in [5.74, 6) is -1.94. The second-order valence-electron chi connectivity index (χ2n) is 5.34. The number of benzene rings is 1. The van der Waals surface area contributed by atoms with Gasteiger partial charge >= 0.3 is 6.18 Å². The van der Waals surface area contributed by atoms with Crippen LogP contribution in [0, 0.1) is 18.8 Å². The van der Waals surface area contributed by atoms with Crippen molar-refractivity contribution in [3.63, 3.8) is 0 Å². The van der Waals surface area contributed by atoms with Gasteiger partial charge in [0.25, 0.3) is 0 Å². The SMILES string of the molecule is Cc1cccc(C(=O)C2CCCC(C(F)(F)F)C2)c1. The van der Waals surface area contributed by atoms with Gasteiger partial charge in [-0.15, -0.1) is 0 Å². The van der Waals surface area contributed by atoms with Gasteiger partial charge in [-0.1, -0.05) is 30.2 Å². The molecule has 4 heteroatoms. The van der Waals surface area contributed by atoms with Crippen molar-refractivity contribution in [2.24, 2.45) is 11.8 Å². The molecule has 0 amide bonds.